The van der Waals surface area contributed by atoms with E-state index < -0.39 is 0 Å². The Morgan fingerprint density at radius 2 is 2.08 bits per heavy atom. The van der Waals surface area contributed by atoms with Crippen LogP contribution in [-0.4, -0.2) is 66.5 Å². The largest absolute Gasteiger partial charge is 0.349 e. The average Bonchev–Trinajstić information content (AvgIpc) is 3.36. The fourth-order valence-electron chi connectivity index (χ4n) is 4.73. The first kappa shape index (κ1) is 18.8. The molecule has 26 heavy (non-hydrogen) atoms. The second-order valence-electron chi connectivity index (χ2n) is 8.09. The summed E-state index contributed by atoms with van der Waals surface area (Å²) in [7, 11) is 0. The summed E-state index contributed by atoms with van der Waals surface area (Å²) in [6.07, 6.45) is 12.5. The maximum Gasteiger partial charge on any atom is 0.246 e. The predicted octanol–water partition coefficient (Wildman–Crippen LogP) is 2.56. The van der Waals surface area contributed by atoms with Crippen LogP contribution in [0.5, 0.6) is 0 Å². The first-order valence-corrected chi connectivity index (χ1v) is 11.4. The van der Waals surface area contributed by atoms with E-state index in [0.29, 0.717) is 24.0 Å². The molecule has 3 heterocycles. The van der Waals surface area contributed by atoms with Crippen molar-refractivity contribution >= 4 is 17.7 Å². The maximum atomic E-state index is 13.0. The fraction of sp³-hybridized carbons (Fsp3) is 0.850. The van der Waals surface area contributed by atoms with Gasteiger partial charge in [0, 0.05) is 24.4 Å². The molecular weight excluding hydrogens is 348 g/mol. The molecule has 5 unspecified atom stereocenters. The van der Waals surface area contributed by atoms with Gasteiger partial charge in [0.05, 0.1) is 12.2 Å². The van der Waals surface area contributed by atoms with Crippen molar-refractivity contribution in [3.63, 3.8) is 0 Å². The zero-order chi connectivity index (χ0) is 17.8. The van der Waals surface area contributed by atoms with Gasteiger partial charge in [0.1, 0.15) is 6.79 Å². The fourth-order valence-corrected chi connectivity index (χ4v) is 5.99. The molecule has 1 saturated carbocycles. The lowest BCUT2D eigenvalue weighted by Crippen LogP contribution is -2.50. The highest BCUT2D eigenvalue weighted by Gasteiger charge is 2.35. The minimum atomic E-state index is 0.205. The van der Waals surface area contributed by atoms with Crippen molar-refractivity contribution in [3.05, 3.63) is 12.2 Å². The van der Waals surface area contributed by atoms with Crippen molar-refractivity contribution in [1.29, 1.82) is 0 Å². The van der Waals surface area contributed by atoms with E-state index in [2.05, 4.69) is 16.3 Å². The van der Waals surface area contributed by atoms with Gasteiger partial charge in [-0.15, -0.1) is 0 Å². The normalized spacial score (nSPS) is 37.8. The lowest BCUT2D eigenvalue weighted by molar-refractivity contribution is -0.128. The monoisotopic (exact) mass is 380 g/mol. The summed E-state index contributed by atoms with van der Waals surface area (Å²) >= 11 is 2.04. The van der Waals surface area contributed by atoms with E-state index in [0.717, 1.165) is 45.3 Å². The van der Waals surface area contributed by atoms with E-state index in [1.165, 1.54) is 25.0 Å². The van der Waals surface area contributed by atoms with Gasteiger partial charge in [-0.2, -0.15) is 11.8 Å². The number of carbonyl (C=O) groups is 1. The maximum absolute atomic E-state index is 13.0. The van der Waals surface area contributed by atoms with Gasteiger partial charge in [0.2, 0.25) is 5.91 Å². The molecule has 6 heteroatoms. The number of hydrogen-bond donors (Lipinski definition) is 1. The highest BCUT2D eigenvalue weighted by molar-refractivity contribution is 8.00. The third kappa shape index (κ3) is 4.64. The van der Waals surface area contributed by atoms with Crippen LogP contribution in [0, 0.1) is 5.92 Å². The van der Waals surface area contributed by atoms with Crippen LogP contribution in [0.2, 0.25) is 0 Å². The molecule has 4 aliphatic rings. The van der Waals surface area contributed by atoms with E-state index in [-0.39, 0.29) is 18.1 Å². The van der Waals surface area contributed by atoms with Crippen LogP contribution in [-0.2, 0) is 14.3 Å². The Bertz CT molecular complexity index is 503. The van der Waals surface area contributed by atoms with Crippen molar-refractivity contribution in [2.75, 3.05) is 32.2 Å². The molecule has 3 aliphatic heterocycles. The van der Waals surface area contributed by atoms with Crippen molar-refractivity contribution in [3.8, 4) is 0 Å². The Kier molecular flexibility index (Phi) is 6.57. The summed E-state index contributed by atoms with van der Waals surface area (Å²) < 4.78 is 11.3. The van der Waals surface area contributed by atoms with E-state index in [1.54, 1.807) is 0 Å². The number of fused-ring (bicyclic) bond motifs is 1. The third-order valence-corrected chi connectivity index (χ3v) is 7.65. The highest BCUT2D eigenvalue weighted by Crippen LogP contribution is 2.33. The number of allylic oxidation sites excluding steroid dienone is 1. The number of hydrogen-bond acceptors (Lipinski definition) is 5. The van der Waals surface area contributed by atoms with Crippen LogP contribution < -0.4 is 5.32 Å². The van der Waals surface area contributed by atoms with Gasteiger partial charge in [-0.25, -0.2) is 0 Å². The Balaban J connectivity index is 1.36. The van der Waals surface area contributed by atoms with Gasteiger partial charge in [0.15, 0.2) is 0 Å². The van der Waals surface area contributed by atoms with Crippen molar-refractivity contribution in [1.82, 2.24) is 10.2 Å². The molecule has 0 aromatic rings. The quantitative estimate of drug-likeness (QED) is 0.743. The van der Waals surface area contributed by atoms with Crippen LogP contribution in [0.4, 0.5) is 0 Å². The van der Waals surface area contributed by atoms with Crippen molar-refractivity contribution < 1.29 is 14.3 Å². The molecule has 3 saturated heterocycles. The number of rotatable bonds is 5. The molecule has 0 spiro atoms. The summed E-state index contributed by atoms with van der Waals surface area (Å²) in [5.74, 6) is 1.89. The first-order valence-electron chi connectivity index (χ1n) is 10.3. The van der Waals surface area contributed by atoms with Gasteiger partial charge in [0.25, 0.3) is 0 Å². The van der Waals surface area contributed by atoms with Gasteiger partial charge < -0.3 is 19.7 Å². The van der Waals surface area contributed by atoms with Crippen LogP contribution in [0.25, 0.3) is 0 Å². The molecule has 1 amide bonds. The second kappa shape index (κ2) is 9.09. The third-order valence-electron chi connectivity index (χ3n) is 6.27. The number of nitrogens with one attached hydrogen (secondary N) is 1. The molecule has 5 nitrogen and oxygen atoms in total. The molecule has 0 aromatic heterocycles. The van der Waals surface area contributed by atoms with Crippen LogP contribution in [0.15, 0.2) is 12.2 Å². The summed E-state index contributed by atoms with van der Waals surface area (Å²) in [5, 5.41) is 4.09. The molecule has 0 bridgehead atoms. The zero-order valence-corrected chi connectivity index (χ0v) is 16.4. The number of ether oxygens (including phenoxy) is 2. The molecule has 4 fully saturated rings. The molecule has 4 rings (SSSR count). The summed E-state index contributed by atoms with van der Waals surface area (Å²) in [6, 6.07) is 0.351. The number of amides is 1. The van der Waals surface area contributed by atoms with E-state index in [1.807, 2.05) is 17.8 Å². The molecule has 1 aliphatic carbocycles. The van der Waals surface area contributed by atoms with Crippen LogP contribution in [0.1, 0.15) is 44.9 Å². The highest BCUT2D eigenvalue weighted by atomic mass is 32.2. The van der Waals surface area contributed by atoms with Crippen molar-refractivity contribution in [2.24, 2.45) is 5.92 Å². The summed E-state index contributed by atoms with van der Waals surface area (Å²) in [4.78, 5) is 15.2. The van der Waals surface area contributed by atoms with E-state index in [4.69, 9.17) is 9.47 Å². The zero-order valence-electron chi connectivity index (χ0n) is 15.6. The molecule has 0 aromatic carbocycles. The number of nitrogens with zero attached hydrogens (tertiary/aromatic N) is 1. The van der Waals surface area contributed by atoms with E-state index in [9.17, 15) is 4.79 Å². The van der Waals surface area contributed by atoms with E-state index >= 15 is 0 Å². The average molecular weight is 381 g/mol. The van der Waals surface area contributed by atoms with Gasteiger partial charge >= 0.3 is 0 Å². The molecule has 5 atom stereocenters. The standard InChI is InChI=1S/C20H32N2O3S/c23-20(8-6-15-5-7-18-19(11-15)25-14-24-18)22(13-17-4-2-10-26-17)16-3-1-9-21-12-16/h6,8,15-19,21H,1-5,7,9-14H2/b8-6+. The SMILES string of the molecule is O=C(/C=C/C1CCC2OCOC2C1)N(CC1CCCS1)C1CCCNC1. The number of carbonyl (C=O) groups excluding carboxylic acids is 1. The first-order chi connectivity index (χ1) is 12.8. The molecule has 146 valence electrons. The molecular formula is C20H32N2O3S. The molecule has 0 radical (unpaired) electrons. The summed E-state index contributed by atoms with van der Waals surface area (Å²) in [5.41, 5.74) is 0. The lowest BCUT2D eigenvalue weighted by Gasteiger charge is -2.35. The Morgan fingerprint density at radius 3 is 2.88 bits per heavy atom. The predicted molar refractivity (Wildman–Crippen MR) is 104 cm³/mol. The lowest BCUT2D eigenvalue weighted by atomic mass is 9.85. The van der Waals surface area contributed by atoms with Crippen LogP contribution in [0.3, 0.4) is 0 Å². The van der Waals surface area contributed by atoms with Crippen molar-refractivity contribution in [2.45, 2.75) is 68.4 Å². The Morgan fingerprint density at radius 1 is 1.15 bits per heavy atom. The minimum Gasteiger partial charge on any atom is -0.349 e. The van der Waals surface area contributed by atoms with Crippen LogP contribution >= 0.6 is 11.8 Å². The van der Waals surface area contributed by atoms with Gasteiger partial charge in [-0.05, 0) is 69.2 Å². The molecule has 1 N–H and O–H groups in total. The van der Waals surface area contributed by atoms with Gasteiger partial charge in [-0.1, -0.05) is 6.08 Å². The number of thioether (sulfide) groups is 1. The number of piperidine rings is 1. The minimum absolute atomic E-state index is 0.205. The smallest absolute Gasteiger partial charge is 0.246 e. The Hall–Kier alpha value is -0.560. The van der Waals surface area contributed by atoms with Gasteiger partial charge in [-0.3, -0.25) is 4.79 Å². The summed E-state index contributed by atoms with van der Waals surface area (Å²) in [6.45, 7) is 3.37. The second-order valence-corrected chi connectivity index (χ2v) is 9.49. The Labute approximate surface area is 161 Å². The topological polar surface area (TPSA) is 50.8 Å².